The molecule has 0 saturated heterocycles. The Morgan fingerprint density at radius 3 is 1.88 bits per heavy atom. The van der Waals surface area contributed by atoms with Crippen LogP contribution in [0.15, 0.2) is 77.6 Å². The van der Waals surface area contributed by atoms with Gasteiger partial charge in [-0.2, -0.15) is 0 Å². The summed E-state index contributed by atoms with van der Waals surface area (Å²) in [4.78, 5) is 11.7. The van der Waals surface area contributed by atoms with Crippen molar-refractivity contribution in [3.8, 4) is 11.1 Å². The normalized spacial score (nSPS) is 9.50. The quantitative estimate of drug-likeness (QED) is 0.649. The van der Waals surface area contributed by atoms with Crippen molar-refractivity contribution in [2.24, 2.45) is 0 Å². The molecule has 2 aliphatic carbocycles. The van der Waals surface area contributed by atoms with E-state index in [2.05, 4.69) is 0 Å². The third-order valence-electron chi connectivity index (χ3n) is 2.31. The topological polar surface area (TPSA) is 17.1 Å². The lowest BCUT2D eigenvalue weighted by Crippen LogP contribution is -2.00. The van der Waals surface area contributed by atoms with E-state index in [0.29, 0.717) is 0 Å². The molecule has 0 aromatic carbocycles. The highest BCUT2D eigenvalue weighted by Crippen LogP contribution is 2.12. The smallest absolute Gasteiger partial charge is 0.186 e. The van der Waals surface area contributed by atoms with Gasteiger partial charge in [0.1, 0.15) is 0 Å². The van der Waals surface area contributed by atoms with Crippen molar-refractivity contribution in [1.82, 2.24) is 0 Å². The summed E-state index contributed by atoms with van der Waals surface area (Å²) in [5.74, 6) is 0. The number of rotatable bonds is 0. The molecular formula is C15H12O. The second-order valence-corrected chi connectivity index (χ2v) is 3.44. The average Bonchev–Trinajstić information content (AvgIpc) is 2.34. The van der Waals surface area contributed by atoms with Crippen LogP contribution in [-0.2, 0) is 0 Å². The maximum atomic E-state index is 11.7. The van der Waals surface area contributed by atoms with E-state index in [1.807, 2.05) is 60.7 Å². The van der Waals surface area contributed by atoms with Crippen LogP contribution in [0.25, 0.3) is 11.1 Å². The minimum atomic E-state index is 0.0546. The van der Waals surface area contributed by atoms with Gasteiger partial charge in [0.2, 0.25) is 0 Å². The highest BCUT2D eigenvalue weighted by atomic mass is 16.1. The van der Waals surface area contributed by atoms with Crippen LogP contribution < -0.4 is 5.43 Å². The lowest BCUT2D eigenvalue weighted by Gasteiger charge is -1.97. The first-order valence-corrected chi connectivity index (χ1v) is 5.19. The van der Waals surface area contributed by atoms with E-state index in [4.69, 9.17) is 0 Å². The van der Waals surface area contributed by atoms with Crippen LogP contribution in [-0.4, -0.2) is 0 Å². The summed E-state index contributed by atoms with van der Waals surface area (Å²) in [5, 5.41) is 0. The maximum absolute atomic E-state index is 11.7. The molecule has 0 aromatic rings. The second kappa shape index (κ2) is 5.08. The van der Waals surface area contributed by atoms with Gasteiger partial charge in [0.05, 0.1) is 0 Å². The Balaban J connectivity index is 2.75. The minimum absolute atomic E-state index is 0.0546. The highest BCUT2D eigenvalue weighted by Gasteiger charge is 1.98. The third-order valence-corrected chi connectivity index (χ3v) is 2.31. The summed E-state index contributed by atoms with van der Waals surface area (Å²) < 4.78 is 0. The molecule has 0 atom stereocenters. The minimum Gasteiger partial charge on any atom is -0.289 e. The van der Waals surface area contributed by atoms with Gasteiger partial charge in [0.15, 0.2) is 5.43 Å². The second-order valence-electron chi connectivity index (χ2n) is 3.44. The van der Waals surface area contributed by atoms with Crippen LogP contribution in [0, 0.1) is 0 Å². The molecule has 0 spiro atoms. The van der Waals surface area contributed by atoms with Gasteiger partial charge in [0.25, 0.3) is 0 Å². The van der Waals surface area contributed by atoms with Gasteiger partial charge in [0, 0.05) is 5.56 Å². The largest absolute Gasteiger partial charge is 0.289 e. The molecule has 2 rings (SSSR count). The van der Waals surface area contributed by atoms with Crippen molar-refractivity contribution < 1.29 is 0 Å². The average molecular weight is 208 g/mol. The summed E-state index contributed by atoms with van der Waals surface area (Å²) in [6, 6.07) is 22.6. The number of benzene rings is 1. The van der Waals surface area contributed by atoms with Gasteiger partial charge in [-0.15, -0.1) is 0 Å². The lowest BCUT2D eigenvalue weighted by molar-refractivity contribution is 1.55. The molecule has 0 saturated carbocycles. The molecule has 1 nitrogen and oxygen atoms in total. The Kier molecular flexibility index (Phi) is 3.29. The molecule has 0 heterocycles. The number of hydrogen-bond donors (Lipinski definition) is 0. The first kappa shape index (κ1) is 10.4. The van der Waals surface area contributed by atoms with E-state index < -0.39 is 0 Å². The zero-order chi connectivity index (χ0) is 11.2. The van der Waals surface area contributed by atoms with Crippen LogP contribution in [0.4, 0.5) is 0 Å². The fourth-order valence-electron chi connectivity index (χ4n) is 1.52. The van der Waals surface area contributed by atoms with E-state index in [1.165, 1.54) is 0 Å². The molecule has 0 amide bonds. The lowest BCUT2D eigenvalue weighted by atomic mass is 10.1. The van der Waals surface area contributed by atoms with Gasteiger partial charge in [-0.25, -0.2) is 0 Å². The van der Waals surface area contributed by atoms with Crippen molar-refractivity contribution in [3.63, 3.8) is 0 Å². The zero-order valence-electron chi connectivity index (χ0n) is 8.84. The maximum Gasteiger partial charge on any atom is 0.186 e. The molecule has 78 valence electrons. The predicted molar refractivity (Wildman–Crippen MR) is 67.0 cm³/mol. The molecule has 0 radical (unpaired) electrons. The summed E-state index contributed by atoms with van der Waals surface area (Å²) in [6.07, 6.45) is 0. The van der Waals surface area contributed by atoms with Gasteiger partial charge in [-0.1, -0.05) is 66.7 Å². The SMILES string of the molecule is O=c1cccc2cccccccccc1-2. The Morgan fingerprint density at radius 2 is 1.12 bits per heavy atom. The Hall–Kier alpha value is -2.15. The monoisotopic (exact) mass is 208 g/mol. The highest BCUT2D eigenvalue weighted by molar-refractivity contribution is 5.62. The summed E-state index contributed by atoms with van der Waals surface area (Å²) in [5.41, 5.74) is 1.74. The van der Waals surface area contributed by atoms with E-state index in [1.54, 1.807) is 12.1 Å². The molecule has 0 aliphatic heterocycles. The van der Waals surface area contributed by atoms with Gasteiger partial charge < -0.3 is 0 Å². The van der Waals surface area contributed by atoms with Crippen LogP contribution in [0.3, 0.4) is 0 Å². The molecule has 2 aliphatic rings. The number of fused-ring (bicyclic) bond motifs is 1. The Morgan fingerprint density at radius 1 is 0.562 bits per heavy atom. The first-order valence-electron chi connectivity index (χ1n) is 5.19. The molecule has 0 unspecified atom stereocenters. The van der Waals surface area contributed by atoms with Crippen molar-refractivity contribution in [2.75, 3.05) is 0 Å². The van der Waals surface area contributed by atoms with Crippen molar-refractivity contribution in [2.45, 2.75) is 0 Å². The molecule has 0 bridgehead atoms. The van der Waals surface area contributed by atoms with Gasteiger partial charge in [-0.05, 0) is 11.6 Å². The van der Waals surface area contributed by atoms with Crippen LogP contribution in [0.5, 0.6) is 0 Å². The standard InChI is InChI=1S/C15H12O/c16-15-12-8-10-13-9-6-4-2-1-3-5-7-11-14(13)15/h1-12H. The fraction of sp³-hybridized carbons (Fsp3) is 0. The summed E-state index contributed by atoms with van der Waals surface area (Å²) >= 11 is 0. The van der Waals surface area contributed by atoms with E-state index in [9.17, 15) is 4.79 Å². The van der Waals surface area contributed by atoms with Crippen molar-refractivity contribution in [1.29, 1.82) is 0 Å². The van der Waals surface area contributed by atoms with E-state index in [-0.39, 0.29) is 5.43 Å². The molecule has 0 N–H and O–H groups in total. The van der Waals surface area contributed by atoms with Gasteiger partial charge >= 0.3 is 0 Å². The van der Waals surface area contributed by atoms with Crippen LogP contribution >= 0.6 is 0 Å². The number of hydrogen-bond acceptors (Lipinski definition) is 1. The van der Waals surface area contributed by atoms with E-state index in [0.717, 1.165) is 11.1 Å². The van der Waals surface area contributed by atoms with Crippen LogP contribution in [0.2, 0.25) is 0 Å². The summed E-state index contributed by atoms with van der Waals surface area (Å²) in [7, 11) is 0. The third kappa shape index (κ3) is 2.45. The first-order chi connectivity index (χ1) is 7.88. The Labute approximate surface area is 94.7 Å². The van der Waals surface area contributed by atoms with Gasteiger partial charge in [-0.3, -0.25) is 4.79 Å². The summed E-state index contributed by atoms with van der Waals surface area (Å²) in [6.45, 7) is 0. The Bertz CT molecular complexity index is 559. The fourth-order valence-corrected chi connectivity index (χ4v) is 1.52. The van der Waals surface area contributed by atoms with Crippen molar-refractivity contribution in [3.05, 3.63) is 83.0 Å². The zero-order valence-corrected chi connectivity index (χ0v) is 8.84. The molecule has 0 aromatic heterocycles. The van der Waals surface area contributed by atoms with Crippen LogP contribution in [0.1, 0.15) is 0 Å². The molecule has 0 fully saturated rings. The predicted octanol–water partition coefficient (Wildman–Crippen LogP) is 3.28. The van der Waals surface area contributed by atoms with Crippen molar-refractivity contribution >= 4 is 0 Å². The molecule has 16 heavy (non-hydrogen) atoms. The molecular weight excluding hydrogens is 196 g/mol. The van der Waals surface area contributed by atoms with E-state index >= 15 is 0 Å². The molecule has 1 heteroatoms.